The zero-order chi connectivity index (χ0) is 14.5. The van der Waals surface area contributed by atoms with Gasteiger partial charge in [-0.1, -0.05) is 29.8 Å². The van der Waals surface area contributed by atoms with Crippen LogP contribution in [0.5, 0.6) is 5.75 Å². The molecule has 0 saturated carbocycles. The van der Waals surface area contributed by atoms with Gasteiger partial charge in [0.2, 0.25) is 0 Å². The molecule has 1 aromatic rings. The van der Waals surface area contributed by atoms with Crippen LogP contribution in [0.1, 0.15) is 32.3 Å². The van der Waals surface area contributed by atoms with Crippen molar-refractivity contribution in [1.82, 2.24) is 4.90 Å². The van der Waals surface area contributed by atoms with E-state index in [0.29, 0.717) is 6.04 Å². The van der Waals surface area contributed by atoms with Crippen LogP contribution in [0.2, 0.25) is 0 Å². The monoisotopic (exact) mass is 341 g/mol. The maximum absolute atomic E-state index is 9.27. The van der Waals surface area contributed by atoms with Gasteiger partial charge in [0.15, 0.2) is 0 Å². The second-order valence-corrected chi connectivity index (χ2v) is 6.30. The lowest BCUT2D eigenvalue weighted by atomic mass is 10.1. The Morgan fingerprint density at radius 2 is 2.15 bits per heavy atom. The molecule has 0 amide bonds. The second kappa shape index (κ2) is 7.43. The van der Waals surface area contributed by atoms with Gasteiger partial charge in [-0.25, -0.2) is 0 Å². The largest absolute Gasteiger partial charge is 0.488 e. The molecule has 1 N–H and O–H groups in total. The van der Waals surface area contributed by atoms with Gasteiger partial charge in [0.05, 0.1) is 6.61 Å². The predicted molar refractivity (Wildman–Crippen MR) is 85.3 cm³/mol. The maximum atomic E-state index is 9.27. The van der Waals surface area contributed by atoms with Crippen molar-refractivity contribution >= 4 is 15.9 Å². The Kier molecular flexibility index (Phi) is 5.87. The Labute approximate surface area is 130 Å². The van der Waals surface area contributed by atoms with Crippen molar-refractivity contribution in [2.45, 2.75) is 45.3 Å². The summed E-state index contributed by atoms with van der Waals surface area (Å²) in [5, 5.41) is 9.27. The average molecular weight is 342 g/mol. The van der Waals surface area contributed by atoms with Gasteiger partial charge in [0, 0.05) is 30.0 Å². The van der Waals surface area contributed by atoms with E-state index >= 15 is 0 Å². The number of hydrogen-bond donors (Lipinski definition) is 1. The van der Waals surface area contributed by atoms with Gasteiger partial charge in [0.1, 0.15) is 11.9 Å². The number of ether oxygens (including phenoxy) is 1. The fourth-order valence-electron chi connectivity index (χ4n) is 3.01. The van der Waals surface area contributed by atoms with E-state index in [1.54, 1.807) is 0 Å². The molecule has 1 aliphatic heterocycles. The number of halogens is 1. The smallest absolute Gasteiger partial charge is 0.123 e. The van der Waals surface area contributed by atoms with Gasteiger partial charge >= 0.3 is 0 Å². The van der Waals surface area contributed by atoms with Crippen LogP contribution >= 0.6 is 15.9 Å². The van der Waals surface area contributed by atoms with Crippen molar-refractivity contribution in [2.75, 3.05) is 19.7 Å². The third-order valence-corrected chi connectivity index (χ3v) is 4.54. The summed E-state index contributed by atoms with van der Waals surface area (Å²) in [6.07, 6.45) is 3.38. The number of aliphatic hydroxyl groups is 1. The van der Waals surface area contributed by atoms with Crippen molar-refractivity contribution in [3.8, 4) is 5.75 Å². The van der Waals surface area contributed by atoms with E-state index in [0.717, 1.165) is 42.6 Å². The van der Waals surface area contributed by atoms with Gasteiger partial charge in [-0.05, 0) is 36.6 Å². The van der Waals surface area contributed by atoms with E-state index < -0.39 is 0 Å². The van der Waals surface area contributed by atoms with Crippen molar-refractivity contribution in [3.63, 3.8) is 0 Å². The summed E-state index contributed by atoms with van der Waals surface area (Å²) in [7, 11) is 0. The van der Waals surface area contributed by atoms with Crippen LogP contribution in [0.4, 0.5) is 0 Å². The number of nitrogens with zero attached hydrogens (tertiary/aromatic N) is 1. The first-order valence-electron chi connectivity index (χ1n) is 7.47. The molecule has 0 saturated heterocycles. The first-order valence-corrected chi connectivity index (χ1v) is 8.27. The van der Waals surface area contributed by atoms with Gasteiger partial charge in [-0.3, -0.25) is 4.90 Å². The lowest BCUT2D eigenvalue weighted by Crippen LogP contribution is -2.43. The van der Waals surface area contributed by atoms with Crippen LogP contribution in [0.3, 0.4) is 0 Å². The fourth-order valence-corrected chi connectivity index (χ4v) is 3.42. The third kappa shape index (κ3) is 3.74. The number of fused-ring (bicyclic) bond motifs is 1. The molecule has 3 nitrogen and oxygen atoms in total. The molecule has 1 aliphatic rings. The summed E-state index contributed by atoms with van der Waals surface area (Å²) in [5.41, 5.74) is 1.28. The molecule has 0 bridgehead atoms. The van der Waals surface area contributed by atoms with Gasteiger partial charge in [-0.15, -0.1) is 0 Å². The average Bonchev–Trinajstić information content (AvgIpc) is 2.81. The molecule has 0 aromatic heterocycles. The summed E-state index contributed by atoms with van der Waals surface area (Å²) >= 11 is 3.51. The molecule has 0 radical (unpaired) electrons. The number of benzene rings is 1. The molecule has 2 rings (SSSR count). The van der Waals surface area contributed by atoms with E-state index in [1.807, 2.05) is 12.1 Å². The molecule has 1 unspecified atom stereocenters. The summed E-state index contributed by atoms with van der Waals surface area (Å²) in [5.74, 6) is 1.01. The van der Waals surface area contributed by atoms with Crippen molar-refractivity contribution in [2.24, 2.45) is 0 Å². The SMILES string of the molecule is CCC(CC)N(CCO)CC1Cc2cc(Br)ccc2O1. The minimum Gasteiger partial charge on any atom is -0.488 e. The van der Waals surface area contributed by atoms with Crippen LogP contribution in [-0.4, -0.2) is 41.8 Å². The van der Waals surface area contributed by atoms with Crippen LogP contribution in [-0.2, 0) is 6.42 Å². The van der Waals surface area contributed by atoms with E-state index in [4.69, 9.17) is 4.74 Å². The third-order valence-electron chi connectivity index (χ3n) is 4.05. The van der Waals surface area contributed by atoms with Crippen LogP contribution in [0, 0.1) is 0 Å². The van der Waals surface area contributed by atoms with Crippen LogP contribution in [0.25, 0.3) is 0 Å². The van der Waals surface area contributed by atoms with Crippen molar-refractivity contribution < 1.29 is 9.84 Å². The van der Waals surface area contributed by atoms with Gasteiger partial charge in [-0.2, -0.15) is 0 Å². The number of rotatable bonds is 7. The lowest BCUT2D eigenvalue weighted by molar-refractivity contribution is 0.0921. The molecule has 1 heterocycles. The van der Waals surface area contributed by atoms with Gasteiger partial charge < -0.3 is 9.84 Å². The maximum Gasteiger partial charge on any atom is 0.123 e. The van der Waals surface area contributed by atoms with Crippen LogP contribution < -0.4 is 4.74 Å². The van der Waals surface area contributed by atoms with Crippen molar-refractivity contribution in [1.29, 1.82) is 0 Å². The molecule has 0 fully saturated rings. The number of aliphatic hydroxyl groups excluding tert-OH is 1. The molecule has 1 aromatic carbocycles. The Hall–Kier alpha value is -0.580. The molecule has 1 atom stereocenters. The number of hydrogen-bond acceptors (Lipinski definition) is 3. The highest BCUT2D eigenvalue weighted by molar-refractivity contribution is 9.10. The molecule has 0 aliphatic carbocycles. The summed E-state index contributed by atoms with van der Waals surface area (Å²) < 4.78 is 7.14. The summed E-state index contributed by atoms with van der Waals surface area (Å²) in [6, 6.07) is 6.73. The first-order chi connectivity index (χ1) is 9.67. The minimum absolute atomic E-state index is 0.200. The lowest BCUT2D eigenvalue weighted by Gasteiger charge is -2.31. The van der Waals surface area contributed by atoms with Crippen molar-refractivity contribution in [3.05, 3.63) is 28.2 Å². The predicted octanol–water partition coefficient (Wildman–Crippen LogP) is 3.24. The highest BCUT2D eigenvalue weighted by Gasteiger charge is 2.27. The highest BCUT2D eigenvalue weighted by Crippen LogP contribution is 2.31. The van der Waals surface area contributed by atoms with E-state index in [1.165, 1.54) is 5.56 Å². The topological polar surface area (TPSA) is 32.7 Å². The Bertz CT molecular complexity index is 434. The molecular weight excluding hydrogens is 318 g/mol. The zero-order valence-electron chi connectivity index (χ0n) is 12.3. The van der Waals surface area contributed by atoms with E-state index in [-0.39, 0.29) is 12.7 Å². The first kappa shape index (κ1) is 15.8. The minimum atomic E-state index is 0.200. The van der Waals surface area contributed by atoms with E-state index in [2.05, 4.69) is 40.7 Å². The van der Waals surface area contributed by atoms with Gasteiger partial charge in [0.25, 0.3) is 0 Å². The highest BCUT2D eigenvalue weighted by atomic mass is 79.9. The summed E-state index contributed by atoms with van der Waals surface area (Å²) in [4.78, 5) is 2.37. The Balaban J connectivity index is 1.99. The standard InChI is InChI=1S/C16H24BrNO2/c1-3-14(4-2)18(7-8-19)11-15-10-12-9-13(17)5-6-16(12)20-15/h5-6,9,14-15,19H,3-4,7-8,10-11H2,1-2H3. The quantitative estimate of drug-likeness (QED) is 0.826. The van der Waals surface area contributed by atoms with E-state index in [9.17, 15) is 5.11 Å². The molecule has 112 valence electrons. The Morgan fingerprint density at radius 3 is 2.80 bits per heavy atom. The van der Waals surface area contributed by atoms with Crippen LogP contribution in [0.15, 0.2) is 22.7 Å². The Morgan fingerprint density at radius 1 is 1.40 bits per heavy atom. The second-order valence-electron chi connectivity index (χ2n) is 5.38. The molecule has 4 heteroatoms. The normalized spacial score (nSPS) is 17.6. The molecule has 20 heavy (non-hydrogen) atoms. The fraction of sp³-hybridized carbons (Fsp3) is 0.625. The molecular formula is C16H24BrNO2. The summed E-state index contributed by atoms with van der Waals surface area (Å²) in [6.45, 7) is 6.24. The zero-order valence-corrected chi connectivity index (χ0v) is 13.9. The molecule has 0 spiro atoms.